The average Bonchev–Trinajstić information content (AvgIpc) is 3.00. The first-order valence-electron chi connectivity index (χ1n) is 10.4. The summed E-state index contributed by atoms with van der Waals surface area (Å²) in [7, 11) is 3.69. The molecule has 0 radical (unpaired) electrons. The van der Waals surface area contributed by atoms with Gasteiger partial charge in [-0.3, -0.25) is 19.9 Å². The third-order valence-corrected chi connectivity index (χ3v) is 5.27. The molecule has 0 aromatic heterocycles. The third-order valence-electron chi connectivity index (χ3n) is 5.27. The second-order valence-electron chi connectivity index (χ2n) is 8.44. The Bertz CT molecular complexity index is 1100. The molecular formula is C24H27F3N4O2. The van der Waals surface area contributed by atoms with Gasteiger partial charge in [0.05, 0.1) is 16.8 Å². The monoisotopic (exact) mass is 460 g/mol. The molecule has 3 rings (SSSR count). The number of anilines is 2. The number of rotatable bonds is 6. The molecule has 2 amide bonds. The number of benzene rings is 2. The second-order valence-corrected chi connectivity index (χ2v) is 8.44. The maximum Gasteiger partial charge on any atom is 0.416 e. The first kappa shape index (κ1) is 24.3. The zero-order valence-corrected chi connectivity index (χ0v) is 19.2. The molecule has 1 aliphatic rings. The van der Waals surface area contributed by atoms with Crippen LogP contribution in [-0.2, 0) is 15.8 Å². The number of carbonyl (C=O) groups is 2. The molecular weight excluding hydrogens is 433 g/mol. The fourth-order valence-corrected chi connectivity index (χ4v) is 3.75. The lowest BCUT2D eigenvalue weighted by Gasteiger charge is -2.20. The Kier molecular flexibility index (Phi) is 6.83. The number of fused-ring (bicyclic) bond motifs is 1. The third kappa shape index (κ3) is 5.36. The minimum atomic E-state index is -4.55. The Morgan fingerprint density at radius 3 is 2.24 bits per heavy atom. The number of hydrazine groups is 1. The highest BCUT2D eigenvalue weighted by molar-refractivity contribution is 6.35. The number of nitrogens with zero attached hydrogens (tertiary/aromatic N) is 2. The van der Waals surface area contributed by atoms with E-state index in [4.69, 9.17) is 0 Å². The van der Waals surface area contributed by atoms with E-state index in [-0.39, 0.29) is 23.6 Å². The maximum absolute atomic E-state index is 13.5. The second kappa shape index (κ2) is 9.27. The molecule has 2 N–H and O–H groups in total. The number of halogens is 3. The SMILES string of the molecule is C/C(NNC(=O)CCN(C)C)=C1/C(=O)N(c2cc(C)cc(C)c2)c2cc(C(F)(F)F)ccc21. The molecule has 9 heteroatoms. The van der Waals surface area contributed by atoms with Gasteiger partial charge in [-0.05, 0) is 70.3 Å². The van der Waals surface area contributed by atoms with Crippen LogP contribution in [0.4, 0.5) is 24.5 Å². The summed E-state index contributed by atoms with van der Waals surface area (Å²) >= 11 is 0. The summed E-state index contributed by atoms with van der Waals surface area (Å²) < 4.78 is 40.3. The summed E-state index contributed by atoms with van der Waals surface area (Å²) in [5.41, 5.74) is 7.75. The topological polar surface area (TPSA) is 64.7 Å². The van der Waals surface area contributed by atoms with Crippen molar-refractivity contribution in [3.8, 4) is 0 Å². The largest absolute Gasteiger partial charge is 0.416 e. The van der Waals surface area contributed by atoms with E-state index in [2.05, 4.69) is 10.9 Å². The van der Waals surface area contributed by atoms with Gasteiger partial charge in [0.15, 0.2) is 0 Å². The van der Waals surface area contributed by atoms with Crippen LogP contribution in [0.25, 0.3) is 5.57 Å². The predicted molar refractivity (Wildman–Crippen MR) is 122 cm³/mol. The van der Waals surface area contributed by atoms with Crippen LogP contribution < -0.4 is 15.8 Å². The smallest absolute Gasteiger partial charge is 0.309 e. The molecule has 6 nitrogen and oxygen atoms in total. The molecule has 33 heavy (non-hydrogen) atoms. The molecule has 1 aliphatic heterocycles. The lowest BCUT2D eigenvalue weighted by molar-refractivity contribution is -0.137. The summed E-state index contributed by atoms with van der Waals surface area (Å²) in [5, 5.41) is 0. The normalized spacial score (nSPS) is 15.1. The van der Waals surface area contributed by atoms with E-state index in [9.17, 15) is 22.8 Å². The van der Waals surface area contributed by atoms with Gasteiger partial charge in [-0.1, -0.05) is 12.1 Å². The number of nitrogens with one attached hydrogen (secondary N) is 2. The Hall–Kier alpha value is -3.33. The molecule has 2 aromatic rings. The highest BCUT2D eigenvalue weighted by Crippen LogP contribution is 2.45. The Balaban J connectivity index is 2.04. The van der Waals surface area contributed by atoms with Crippen LogP contribution in [0.3, 0.4) is 0 Å². The standard InChI is InChI=1S/C24H27F3N4O2/c1-14-10-15(2)12-18(11-14)31-20-13-17(24(25,26)27)6-7-19(20)22(23(31)33)16(3)28-29-21(32)8-9-30(4)5/h6-7,10-13,28H,8-9H2,1-5H3,(H,29,32)/b22-16-. The number of amides is 2. The molecule has 0 aliphatic carbocycles. The molecule has 1 heterocycles. The predicted octanol–water partition coefficient (Wildman–Crippen LogP) is 4.30. The van der Waals surface area contributed by atoms with E-state index in [0.717, 1.165) is 23.3 Å². The Labute approximate surface area is 191 Å². The first-order chi connectivity index (χ1) is 15.4. The van der Waals surface area contributed by atoms with Crippen LogP contribution >= 0.6 is 0 Å². The molecule has 0 spiro atoms. The Morgan fingerprint density at radius 1 is 1.03 bits per heavy atom. The first-order valence-corrected chi connectivity index (χ1v) is 10.4. The van der Waals surface area contributed by atoms with Gasteiger partial charge in [0.2, 0.25) is 5.91 Å². The van der Waals surface area contributed by atoms with Crippen molar-refractivity contribution in [2.24, 2.45) is 0 Å². The average molecular weight is 461 g/mol. The van der Waals surface area contributed by atoms with Crippen LogP contribution in [0.15, 0.2) is 42.1 Å². The van der Waals surface area contributed by atoms with E-state index in [1.807, 2.05) is 38.9 Å². The molecule has 0 saturated carbocycles. The molecule has 176 valence electrons. The molecule has 0 atom stereocenters. The van der Waals surface area contributed by atoms with Gasteiger partial charge in [-0.25, -0.2) is 0 Å². The molecule has 0 saturated heterocycles. The van der Waals surface area contributed by atoms with Crippen molar-refractivity contribution < 1.29 is 22.8 Å². The number of alkyl halides is 3. The number of hydrogen-bond donors (Lipinski definition) is 2. The summed E-state index contributed by atoms with van der Waals surface area (Å²) in [5.74, 6) is -0.741. The highest BCUT2D eigenvalue weighted by atomic mass is 19.4. The van der Waals surface area contributed by atoms with Gasteiger partial charge in [-0.2, -0.15) is 13.2 Å². The van der Waals surface area contributed by atoms with Gasteiger partial charge >= 0.3 is 6.18 Å². The van der Waals surface area contributed by atoms with Crippen molar-refractivity contribution in [2.45, 2.75) is 33.4 Å². The van der Waals surface area contributed by atoms with Crippen LogP contribution in [-0.4, -0.2) is 37.4 Å². The van der Waals surface area contributed by atoms with Gasteiger partial charge in [-0.15, -0.1) is 0 Å². The van der Waals surface area contributed by atoms with Crippen LogP contribution in [0, 0.1) is 13.8 Å². The van der Waals surface area contributed by atoms with Crippen molar-refractivity contribution in [1.82, 2.24) is 15.8 Å². The van der Waals surface area contributed by atoms with Gasteiger partial charge < -0.3 is 10.3 Å². The fourth-order valence-electron chi connectivity index (χ4n) is 3.75. The summed E-state index contributed by atoms with van der Waals surface area (Å²) in [4.78, 5) is 28.7. The summed E-state index contributed by atoms with van der Waals surface area (Å²) in [6.45, 7) is 5.87. The summed E-state index contributed by atoms with van der Waals surface area (Å²) in [6.07, 6.45) is -4.30. The van der Waals surface area contributed by atoms with Crippen LogP contribution in [0.2, 0.25) is 0 Å². The van der Waals surface area contributed by atoms with Crippen molar-refractivity contribution in [2.75, 3.05) is 25.5 Å². The quantitative estimate of drug-likeness (QED) is 0.498. The maximum atomic E-state index is 13.5. The zero-order chi connectivity index (χ0) is 24.5. The van der Waals surface area contributed by atoms with E-state index >= 15 is 0 Å². The number of hydrogen-bond acceptors (Lipinski definition) is 4. The van der Waals surface area contributed by atoms with Crippen LogP contribution in [0.5, 0.6) is 0 Å². The van der Waals surface area contributed by atoms with E-state index in [1.165, 1.54) is 11.0 Å². The zero-order valence-electron chi connectivity index (χ0n) is 19.2. The van der Waals surface area contributed by atoms with E-state index in [1.54, 1.807) is 19.1 Å². The molecule has 0 bridgehead atoms. The lowest BCUT2D eigenvalue weighted by Crippen LogP contribution is -2.38. The van der Waals surface area contributed by atoms with Crippen LogP contribution in [0.1, 0.15) is 35.6 Å². The van der Waals surface area contributed by atoms with Crippen molar-refractivity contribution in [1.29, 1.82) is 0 Å². The molecule has 0 fully saturated rings. The molecule has 2 aromatic carbocycles. The van der Waals surface area contributed by atoms with E-state index in [0.29, 0.717) is 23.5 Å². The Morgan fingerprint density at radius 2 is 1.67 bits per heavy atom. The van der Waals surface area contributed by atoms with Gasteiger partial charge in [0.25, 0.3) is 5.91 Å². The van der Waals surface area contributed by atoms with Crippen molar-refractivity contribution in [3.63, 3.8) is 0 Å². The number of aryl methyl sites for hydroxylation is 2. The fraction of sp³-hybridized carbons (Fsp3) is 0.333. The minimum Gasteiger partial charge on any atom is -0.309 e. The molecule has 0 unspecified atom stereocenters. The van der Waals surface area contributed by atoms with E-state index < -0.39 is 17.6 Å². The van der Waals surface area contributed by atoms with Crippen molar-refractivity contribution >= 4 is 28.8 Å². The number of allylic oxidation sites excluding steroid dienone is 1. The van der Waals surface area contributed by atoms with Gasteiger partial charge in [0.1, 0.15) is 0 Å². The summed E-state index contributed by atoms with van der Waals surface area (Å²) in [6, 6.07) is 8.67. The lowest BCUT2D eigenvalue weighted by atomic mass is 10.0. The number of carbonyl (C=O) groups excluding carboxylic acids is 2. The van der Waals surface area contributed by atoms with Crippen molar-refractivity contribution in [3.05, 3.63) is 64.3 Å². The minimum absolute atomic E-state index is 0.148. The highest BCUT2D eigenvalue weighted by Gasteiger charge is 2.39. The van der Waals surface area contributed by atoms with Gasteiger partial charge in [0, 0.05) is 29.9 Å².